The van der Waals surface area contributed by atoms with Crippen molar-refractivity contribution in [2.75, 3.05) is 87.2 Å². The molecule has 0 amide bonds. The van der Waals surface area contributed by atoms with Crippen LogP contribution in [0.4, 0.5) is 51.2 Å². The van der Waals surface area contributed by atoms with Crippen molar-refractivity contribution in [2.45, 2.75) is 13.0 Å². The Balaban J connectivity index is 0.000000172. The Morgan fingerprint density at radius 3 is 1.68 bits per heavy atom. The van der Waals surface area contributed by atoms with Crippen LogP contribution < -0.4 is 70.5 Å². The summed E-state index contributed by atoms with van der Waals surface area (Å²) < 4.78 is 31.2. The van der Waals surface area contributed by atoms with Gasteiger partial charge in [-0.1, -0.05) is 18.2 Å². The van der Waals surface area contributed by atoms with Gasteiger partial charge in [0.25, 0.3) is 17.6 Å². The number of fused-ring (bicyclic) bond motifs is 3. The molecule has 0 atom stereocenters. The maximum absolute atomic E-state index is 9.22. The molecule has 18 N–H and O–H groups in total. The van der Waals surface area contributed by atoms with Crippen molar-refractivity contribution in [3.8, 4) is 17.6 Å². The molecule has 7 aromatic heterocycles. The van der Waals surface area contributed by atoms with Crippen LogP contribution in [0.5, 0.6) is 17.6 Å². The standard InChI is InChI=1S/C28H32N9O2.C21H21N7O2.C17H19N5O4.ClH/c1-35-13-14-36(19-35)11-4-10-31-20-6-8-21(9-7-20)32-24-18-25(23(30)17-22(24)29)33-27-26-5-2-3-12-37(26)34-28(27)39-16-15-38;22-13-4-6-14(7-5-13)25-17-12-18(16(24)11-15(17)23)26-20-19-3-1-2-8-28(19)27-21(20)30-10-9-29;18-11-9-12(19)15(25-7-5-23)10-13(11)20-16-14-3-1-2-4-22(14)21-17(16)26-8-6-24;/h2-3,5-9,12-14,17-19,33,38H,4,10-11,15-16,29-30H2,1H3;1-8,11-12,24-25,29H,9-10,22-23H2;1-4,9-10,18,23-24H,5-8,19H2;1H/q+1;;;/p-1. The number of allylic oxidation sites excluding steroid dienone is 8. The molecular formula is C66H72ClN21O8. The second-order valence-corrected chi connectivity index (χ2v) is 21.0. The first kappa shape index (κ1) is 68.5. The molecule has 2 aromatic carbocycles. The fraction of sp³-hybridized carbons (Fsp3) is 0.182. The fourth-order valence-electron chi connectivity index (χ4n) is 9.51. The molecule has 30 heteroatoms. The van der Waals surface area contributed by atoms with Crippen LogP contribution >= 0.6 is 0 Å². The van der Waals surface area contributed by atoms with Crippen LogP contribution in [0.15, 0.2) is 220 Å². The number of aliphatic hydroxyl groups is 4. The molecule has 7 heterocycles. The van der Waals surface area contributed by atoms with Gasteiger partial charge in [0.15, 0.2) is 11.4 Å². The normalized spacial score (nSPS) is 14.3. The van der Waals surface area contributed by atoms with E-state index >= 15 is 0 Å². The molecule has 3 aliphatic rings. The molecule has 12 rings (SSSR count). The molecule has 3 aliphatic carbocycles. The SMILES string of the molecule is C[n+]1ccn(CCCN=C2C=CC(=Nc3cc(Nc4c(OCCO)nn5ccccc45)c(N)cc3N)C=C2)c1.N=C1C=C(N)C(Nc2ccc(N)cc2)=CC1=Nc1c(OCCO)nn2ccccc12.N=C1C=C(N)C(OCCO)=CC1=Nc1c(OCCO)nn2ccccc12.[Cl-]. The largest absolute Gasteiger partial charge is 1.00 e. The van der Waals surface area contributed by atoms with Gasteiger partial charge in [-0.3, -0.25) is 15.8 Å². The number of pyridine rings is 3. The first-order valence-corrected chi connectivity index (χ1v) is 29.9. The number of hydrogen-bond acceptors (Lipinski definition) is 24. The van der Waals surface area contributed by atoms with Crippen LogP contribution in [0.3, 0.4) is 0 Å². The van der Waals surface area contributed by atoms with Crippen molar-refractivity contribution in [1.29, 1.82) is 10.8 Å². The Bertz CT molecular complexity index is 4590. The molecule has 0 spiro atoms. The highest BCUT2D eigenvalue weighted by atomic mass is 35.5. The predicted molar refractivity (Wildman–Crippen MR) is 368 cm³/mol. The molecule has 496 valence electrons. The third-order valence-corrected chi connectivity index (χ3v) is 14.0. The lowest BCUT2D eigenvalue weighted by molar-refractivity contribution is -0.671. The zero-order valence-electron chi connectivity index (χ0n) is 52.1. The lowest BCUT2D eigenvalue weighted by Gasteiger charge is -2.17. The number of anilines is 6. The summed E-state index contributed by atoms with van der Waals surface area (Å²) in [5.74, 6) is 1.22. The zero-order valence-corrected chi connectivity index (χ0v) is 52.8. The lowest BCUT2D eigenvalue weighted by atomic mass is 10.0. The molecule has 0 saturated carbocycles. The number of nitrogens with zero attached hydrogens (tertiary/aromatic N) is 12. The van der Waals surface area contributed by atoms with Crippen LogP contribution in [0.25, 0.3) is 16.6 Å². The molecule has 0 unspecified atom stereocenters. The van der Waals surface area contributed by atoms with Crippen LogP contribution in [-0.2, 0) is 18.3 Å². The zero-order chi connectivity index (χ0) is 66.8. The topological polar surface area (TPSA) is 430 Å². The molecule has 9 aromatic rings. The third kappa shape index (κ3) is 17.2. The molecule has 0 radical (unpaired) electrons. The summed E-state index contributed by atoms with van der Waals surface area (Å²) in [6.07, 6.45) is 26.4. The van der Waals surface area contributed by atoms with E-state index in [2.05, 4.69) is 58.0 Å². The second kappa shape index (κ2) is 32.6. The predicted octanol–water partition coefficient (Wildman–Crippen LogP) is 2.75. The third-order valence-electron chi connectivity index (χ3n) is 14.0. The number of imidazole rings is 1. The number of aryl methyl sites for hydroxylation is 2. The van der Waals surface area contributed by atoms with Crippen molar-refractivity contribution < 1.29 is 56.3 Å². The Hall–Kier alpha value is -11.9. The van der Waals surface area contributed by atoms with Crippen LogP contribution in [-0.4, -0.2) is 148 Å². The first-order chi connectivity index (χ1) is 46.2. The molecule has 96 heavy (non-hydrogen) atoms. The smallest absolute Gasteiger partial charge is 0.260 e. The summed E-state index contributed by atoms with van der Waals surface area (Å²) in [4.78, 5) is 18.6. The van der Waals surface area contributed by atoms with E-state index in [0.29, 0.717) is 91.2 Å². The number of aromatic nitrogens is 8. The van der Waals surface area contributed by atoms with E-state index in [-0.39, 0.29) is 88.4 Å². The summed E-state index contributed by atoms with van der Waals surface area (Å²) in [5.41, 5.74) is 41.6. The van der Waals surface area contributed by atoms with Gasteiger partial charge >= 0.3 is 0 Å². The molecule has 29 nitrogen and oxygen atoms in total. The average molecular weight is 1320 g/mol. The summed E-state index contributed by atoms with van der Waals surface area (Å²) in [7, 11) is 2.01. The lowest BCUT2D eigenvalue weighted by Crippen LogP contribution is -3.00. The highest BCUT2D eigenvalue weighted by molar-refractivity contribution is 6.51. The van der Waals surface area contributed by atoms with Gasteiger partial charge in [-0.15, -0.1) is 15.3 Å². The van der Waals surface area contributed by atoms with E-state index in [4.69, 9.17) is 78.7 Å². The Labute approximate surface area is 556 Å². The summed E-state index contributed by atoms with van der Waals surface area (Å²) in [6, 6.07) is 27.4. The van der Waals surface area contributed by atoms with Gasteiger partial charge in [-0.2, -0.15) is 0 Å². The first-order valence-electron chi connectivity index (χ1n) is 29.9. The van der Waals surface area contributed by atoms with Gasteiger partial charge in [0.1, 0.15) is 50.3 Å². The minimum Gasteiger partial charge on any atom is -1.00 e. The number of nitrogens with one attached hydrogen (secondary N) is 4. The van der Waals surface area contributed by atoms with Crippen LogP contribution in [0.2, 0.25) is 0 Å². The highest BCUT2D eigenvalue weighted by Gasteiger charge is 2.23. The summed E-state index contributed by atoms with van der Waals surface area (Å²) >= 11 is 0. The van der Waals surface area contributed by atoms with E-state index in [1.165, 1.54) is 12.2 Å². The van der Waals surface area contributed by atoms with Crippen molar-refractivity contribution in [3.05, 3.63) is 200 Å². The van der Waals surface area contributed by atoms with E-state index in [1.54, 1.807) is 62.4 Å². The minimum absolute atomic E-state index is 0. The van der Waals surface area contributed by atoms with E-state index in [0.717, 1.165) is 47.7 Å². The summed E-state index contributed by atoms with van der Waals surface area (Å²) in [6.45, 7) is 1.46. The second-order valence-electron chi connectivity index (χ2n) is 21.0. The Morgan fingerprint density at radius 1 is 0.562 bits per heavy atom. The van der Waals surface area contributed by atoms with Gasteiger partial charge in [0.05, 0.1) is 131 Å². The van der Waals surface area contributed by atoms with Crippen molar-refractivity contribution in [1.82, 2.24) is 33.4 Å². The minimum atomic E-state index is -0.155. The van der Waals surface area contributed by atoms with Crippen molar-refractivity contribution >= 4 is 102 Å². The number of hydrogen-bond donors (Lipinski definition) is 13. The number of nitrogens with two attached hydrogens (primary N) is 5. The molecule has 0 bridgehead atoms. The number of rotatable bonds is 23. The monoisotopic (exact) mass is 1320 g/mol. The van der Waals surface area contributed by atoms with Crippen LogP contribution in [0.1, 0.15) is 6.42 Å². The number of ether oxygens (including phenoxy) is 4. The van der Waals surface area contributed by atoms with Gasteiger partial charge < -0.3 is 91.1 Å². The number of aliphatic hydroxyl groups excluding tert-OH is 4. The van der Waals surface area contributed by atoms with E-state index in [9.17, 15) is 5.11 Å². The Morgan fingerprint density at radius 2 is 1.09 bits per heavy atom. The summed E-state index contributed by atoms with van der Waals surface area (Å²) in [5, 5.41) is 72.3. The number of benzene rings is 2. The number of nitrogen functional groups attached to an aromatic ring is 3. The van der Waals surface area contributed by atoms with E-state index < -0.39 is 0 Å². The molecule has 0 aliphatic heterocycles. The molecule has 0 fully saturated rings. The van der Waals surface area contributed by atoms with Gasteiger partial charge in [0, 0.05) is 49.0 Å². The number of halogens is 1. The molecular weight excluding hydrogens is 1250 g/mol. The van der Waals surface area contributed by atoms with Gasteiger partial charge in [0.2, 0.25) is 6.33 Å². The number of aliphatic imine (C=N–C) groups is 4. The van der Waals surface area contributed by atoms with Crippen molar-refractivity contribution in [2.24, 2.45) is 38.5 Å². The van der Waals surface area contributed by atoms with Gasteiger partial charge in [-0.25, -0.2) is 37.7 Å². The highest BCUT2D eigenvalue weighted by Crippen LogP contribution is 2.39. The van der Waals surface area contributed by atoms with Crippen LogP contribution in [0, 0.1) is 10.8 Å². The quantitative estimate of drug-likeness (QED) is 0.0144. The van der Waals surface area contributed by atoms with E-state index in [1.807, 2.05) is 115 Å². The Kier molecular flexibility index (Phi) is 23.3. The van der Waals surface area contributed by atoms with Gasteiger partial charge in [-0.05, 0) is 115 Å². The molecule has 0 saturated heterocycles. The fourth-order valence-corrected chi connectivity index (χ4v) is 9.51. The average Bonchev–Trinajstić information content (AvgIpc) is 1.62. The maximum atomic E-state index is 9.22. The van der Waals surface area contributed by atoms with Crippen molar-refractivity contribution in [3.63, 3.8) is 0 Å². The maximum Gasteiger partial charge on any atom is 0.260 e.